The molecular weight excluding hydrogens is 465 g/mol. The third-order valence-corrected chi connectivity index (χ3v) is 7.99. The lowest BCUT2D eigenvalue weighted by Gasteiger charge is -2.40. The summed E-state index contributed by atoms with van der Waals surface area (Å²) in [6.07, 6.45) is -1.53. The lowest BCUT2D eigenvalue weighted by Crippen LogP contribution is -2.55. The fourth-order valence-corrected chi connectivity index (χ4v) is 6.12. The Bertz CT molecular complexity index is 911. The van der Waals surface area contributed by atoms with Crippen molar-refractivity contribution in [2.75, 3.05) is 58.0 Å². The van der Waals surface area contributed by atoms with Gasteiger partial charge >= 0.3 is 6.18 Å². The van der Waals surface area contributed by atoms with Gasteiger partial charge in [0.05, 0.1) is 24.2 Å². The molecule has 4 aliphatic rings. The fourth-order valence-electron chi connectivity index (χ4n) is 6.12. The van der Waals surface area contributed by atoms with Crippen LogP contribution in [0.5, 0.6) is 0 Å². The zero-order valence-electron chi connectivity index (χ0n) is 19.9. The molecular formula is C24H33F3N4O4. The number of pyridine rings is 1. The number of rotatable bonds is 5. The summed E-state index contributed by atoms with van der Waals surface area (Å²) in [5.74, 6) is 0.401. The Morgan fingerprint density at radius 2 is 2.03 bits per heavy atom. The van der Waals surface area contributed by atoms with E-state index in [1.807, 2.05) is 9.80 Å². The van der Waals surface area contributed by atoms with Crippen LogP contribution < -0.4 is 10.2 Å². The SMILES string of the molecule is COC1COCCC1NC1CC2OCCC2(C(=O)N2CCN(c3cccc(C(F)(F)F)n3)CC2)C1. The highest BCUT2D eigenvalue weighted by Crippen LogP contribution is 2.49. The number of carbonyl (C=O) groups is 1. The van der Waals surface area contributed by atoms with Gasteiger partial charge in [-0.2, -0.15) is 13.2 Å². The van der Waals surface area contributed by atoms with Crippen LogP contribution in [0.4, 0.5) is 19.0 Å². The van der Waals surface area contributed by atoms with Gasteiger partial charge in [0.15, 0.2) is 0 Å². The maximum absolute atomic E-state index is 13.8. The first-order valence-electron chi connectivity index (χ1n) is 12.4. The van der Waals surface area contributed by atoms with Crippen LogP contribution in [0.15, 0.2) is 18.2 Å². The number of nitrogens with one attached hydrogen (secondary N) is 1. The summed E-state index contributed by atoms with van der Waals surface area (Å²) >= 11 is 0. The average Bonchev–Trinajstić information content (AvgIpc) is 3.41. The minimum absolute atomic E-state index is 0.00528. The van der Waals surface area contributed by atoms with Crippen molar-refractivity contribution in [1.82, 2.24) is 15.2 Å². The summed E-state index contributed by atoms with van der Waals surface area (Å²) in [4.78, 5) is 21.3. The van der Waals surface area contributed by atoms with Crippen LogP contribution in [0.2, 0.25) is 0 Å². The van der Waals surface area contributed by atoms with Crippen molar-refractivity contribution in [3.05, 3.63) is 23.9 Å². The second kappa shape index (κ2) is 9.84. The van der Waals surface area contributed by atoms with E-state index in [1.54, 1.807) is 13.2 Å². The Morgan fingerprint density at radius 3 is 2.77 bits per heavy atom. The topological polar surface area (TPSA) is 76.2 Å². The zero-order valence-corrected chi connectivity index (χ0v) is 19.9. The van der Waals surface area contributed by atoms with Crippen molar-refractivity contribution in [2.24, 2.45) is 5.41 Å². The van der Waals surface area contributed by atoms with E-state index in [2.05, 4.69) is 10.3 Å². The van der Waals surface area contributed by atoms with Crippen LogP contribution in [0.1, 0.15) is 31.4 Å². The molecule has 1 aromatic rings. The average molecular weight is 499 g/mol. The largest absolute Gasteiger partial charge is 0.433 e. The van der Waals surface area contributed by atoms with Crippen molar-refractivity contribution in [3.8, 4) is 0 Å². The molecule has 0 spiro atoms. The molecule has 5 unspecified atom stereocenters. The summed E-state index contributed by atoms with van der Waals surface area (Å²) in [5.41, 5.74) is -1.44. The number of piperazine rings is 1. The van der Waals surface area contributed by atoms with Crippen molar-refractivity contribution in [3.63, 3.8) is 0 Å². The van der Waals surface area contributed by atoms with E-state index in [-0.39, 0.29) is 30.2 Å². The molecule has 3 aliphatic heterocycles. The van der Waals surface area contributed by atoms with Gasteiger partial charge in [-0.15, -0.1) is 0 Å². The maximum atomic E-state index is 13.8. The molecule has 1 amide bonds. The second-order valence-corrected chi connectivity index (χ2v) is 9.97. The van der Waals surface area contributed by atoms with Crippen molar-refractivity contribution in [1.29, 1.82) is 0 Å². The number of hydrogen-bond acceptors (Lipinski definition) is 7. The van der Waals surface area contributed by atoms with Gasteiger partial charge in [0.1, 0.15) is 11.5 Å². The monoisotopic (exact) mass is 498 g/mol. The number of hydrogen-bond donors (Lipinski definition) is 1. The van der Waals surface area contributed by atoms with Gasteiger partial charge in [0.25, 0.3) is 0 Å². The minimum atomic E-state index is -4.48. The Kier molecular flexibility index (Phi) is 6.95. The molecule has 5 atom stereocenters. The number of nitrogens with zero attached hydrogens (tertiary/aromatic N) is 3. The number of ether oxygens (including phenoxy) is 3. The molecule has 4 fully saturated rings. The first-order valence-corrected chi connectivity index (χ1v) is 12.4. The lowest BCUT2D eigenvalue weighted by molar-refractivity contribution is -0.144. The molecule has 1 saturated carbocycles. The predicted octanol–water partition coefficient (Wildman–Crippen LogP) is 2.08. The second-order valence-electron chi connectivity index (χ2n) is 9.97. The van der Waals surface area contributed by atoms with Crippen molar-refractivity contribution in [2.45, 2.75) is 56.2 Å². The number of halogens is 3. The minimum Gasteiger partial charge on any atom is -0.379 e. The molecule has 1 aliphatic carbocycles. The van der Waals surface area contributed by atoms with Gasteiger partial charge in [-0.3, -0.25) is 4.79 Å². The lowest BCUT2D eigenvalue weighted by atomic mass is 9.80. The first kappa shape index (κ1) is 24.7. The molecule has 1 N–H and O–H groups in total. The molecule has 4 heterocycles. The van der Waals surface area contributed by atoms with Crippen LogP contribution in [0, 0.1) is 5.41 Å². The van der Waals surface area contributed by atoms with E-state index < -0.39 is 17.3 Å². The number of aromatic nitrogens is 1. The molecule has 35 heavy (non-hydrogen) atoms. The summed E-state index contributed by atoms with van der Waals surface area (Å²) < 4.78 is 56.3. The molecule has 5 rings (SSSR count). The Hall–Kier alpha value is -1.95. The van der Waals surface area contributed by atoms with Crippen LogP contribution in [-0.2, 0) is 25.2 Å². The van der Waals surface area contributed by atoms with Crippen molar-refractivity contribution < 1.29 is 32.2 Å². The van der Waals surface area contributed by atoms with Gasteiger partial charge in [-0.05, 0) is 37.8 Å². The summed E-state index contributed by atoms with van der Waals surface area (Å²) in [6, 6.07) is 4.29. The zero-order chi connectivity index (χ0) is 24.6. The number of amides is 1. The predicted molar refractivity (Wildman–Crippen MR) is 121 cm³/mol. The highest BCUT2D eigenvalue weighted by atomic mass is 19.4. The maximum Gasteiger partial charge on any atom is 0.433 e. The third-order valence-electron chi connectivity index (χ3n) is 7.99. The molecule has 0 bridgehead atoms. The molecule has 0 radical (unpaired) electrons. The van der Waals surface area contributed by atoms with E-state index in [4.69, 9.17) is 14.2 Å². The van der Waals surface area contributed by atoms with E-state index in [0.29, 0.717) is 58.2 Å². The van der Waals surface area contributed by atoms with Gasteiger partial charge in [-0.1, -0.05) is 6.07 Å². The van der Waals surface area contributed by atoms with E-state index in [0.717, 1.165) is 25.3 Å². The van der Waals surface area contributed by atoms with Gasteiger partial charge in [-0.25, -0.2) is 4.98 Å². The Labute approximate surface area is 203 Å². The van der Waals surface area contributed by atoms with Crippen LogP contribution >= 0.6 is 0 Å². The van der Waals surface area contributed by atoms with Gasteiger partial charge in [0, 0.05) is 58.6 Å². The molecule has 3 saturated heterocycles. The van der Waals surface area contributed by atoms with Crippen LogP contribution in [0.25, 0.3) is 0 Å². The summed E-state index contributed by atoms with van der Waals surface area (Å²) in [5, 5.41) is 3.71. The molecule has 1 aromatic heterocycles. The first-order chi connectivity index (χ1) is 16.8. The van der Waals surface area contributed by atoms with E-state index in [1.165, 1.54) is 6.07 Å². The number of carbonyl (C=O) groups excluding carboxylic acids is 1. The number of fused-ring (bicyclic) bond motifs is 1. The third kappa shape index (κ3) is 4.87. The fraction of sp³-hybridized carbons (Fsp3) is 0.750. The van der Waals surface area contributed by atoms with Gasteiger partial charge in [0.2, 0.25) is 5.91 Å². The molecule has 194 valence electrons. The number of methoxy groups -OCH3 is 1. The van der Waals surface area contributed by atoms with E-state index >= 15 is 0 Å². The standard InChI is InChI=1S/C24H33F3N4O4/c1-33-18-15-34-11-5-17(18)28-16-13-20-23(14-16,6-12-35-20)22(32)31-9-7-30(8-10-31)21-4-2-3-19(29-21)24(25,26)27/h2-4,16-18,20,28H,5-15H2,1H3. The van der Waals surface area contributed by atoms with Crippen LogP contribution in [0.3, 0.4) is 0 Å². The molecule has 11 heteroatoms. The van der Waals surface area contributed by atoms with E-state index in [9.17, 15) is 18.0 Å². The number of anilines is 1. The summed E-state index contributed by atoms with van der Waals surface area (Å²) in [7, 11) is 1.69. The smallest absolute Gasteiger partial charge is 0.379 e. The summed E-state index contributed by atoms with van der Waals surface area (Å²) in [6.45, 7) is 3.64. The highest BCUT2D eigenvalue weighted by molar-refractivity contribution is 5.84. The van der Waals surface area contributed by atoms with Gasteiger partial charge < -0.3 is 29.3 Å². The highest BCUT2D eigenvalue weighted by Gasteiger charge is 2.58. The normalized spacial score (nSPS) is 33.7. The van der Waals surface area contributed by atoms with Crippen molar-refractivity contribution >= 4 is 11.7 Å². The Morgan fingerprint density at radius 1 is 1.23 bits per heavy atom. The Balaban J connectivity index is 1.22. The molecule has 8 nitrogen and oxygen atoms in total. The van der Waals surface area contributed by atoms with Crippen LogP contribution in [-0.4, -0.2) is 93.2 Å². The quantitative estimate of drug-likeness (QED) is 0.666. The molecule has 0 aromatic carbocycles. The number of alkyl halides is 3.